The Bertz CT molecular complexity index is 853. The Labute approximate surface area is 160 Å². The van der Waals surface area contributed by atoms with Crippen molar-refractivity contribution >= 4 is 17.6 Å². The Morgan fingerprint density at radius 3 is 2.21 bits per heavy atom. The number of hydrogen-bond donors (Lipinski definition) is 1. The van der Waals surface area contributed by atoms with Crippen molar-refractivity contribution in [3.63, 3.8) is 0 Å². The van der Waals surface area contributed by atoms with Crippen molar-refractivity contribution in [1.82, 2.24) is 0 Å². The SMILES string of the molecule is CC(C)OCc1ccc(C(=O)O[C@@H](C)C(=O)Nc2ccc(F)c(F)c2F)cc1. The third-order valence-corrected chi connectivity index (χ3v) is 3.72. The molecule has 0 aromatic heterocycles. The number of ether oxygens (including phenoxy) is 2. The highest BCUT2D eigenvalue weighted by Crippen LogP contribution is 2.20. The number of benzene rings is 2. The van der Waals surface area contributed by atoms with Gasteiger partial charge in [-0.15, -0.1) is 0 Å². The lowest BCUT2D eigenvalue weighted by molar-refractivity contribution is -0.123. The molecule has 5 nitrogen and oxygen atoms in total. The zero-order valence-electron chi connectivity index (χ0n) is 15.6. The highest BCUT2D eigenvalue weighted by molar-refractivity contribution is 5.97. The molecule has 0 saturated carbocycles. The van der Waals surface area contributed by atoms with Crippen LogP contribution in [0.15, 0.2) is 36.4 Å². The molecule has 1 atom stereocenters. The van der Waals surface area contributed by atoms with Crippen molar-refractivity contribution in [2.24, 2.45) is 0 Å². The molecule has 0 heterocycles. The second kappa shape index (κ2) is 9.36. The van der Waals surface area contributed by atoms with Crippen LogP contribution < -0.4 is 5.32 Å². The zero-order valence-corrected chi connectivity index (χ0v) is 15.6. The normalized spacial score (nSPS) is 12.0. The van der Waals surface area contributed by atoms with Crippen LogP contribution in [-0.2, 0) is 20.9 Å². The number of anilines is 1. The van der Waals surface area contributed by atoms with Gasteiger partial charge in [-0.1, -0.05) is 12.1 Å². The molecule has 2 rings (SSSR count). The third-order valence-electron chi connectivity index (χ3n) is 3.72. The number of carbonyl (C=O) groups excluding carboxylic acids is 2. The first-order chi connectivity index (χ1) is 13.2. The molecule has 1 amide bonds. The van der Waals surface area contributed by atoms with Crippen molar-refractivity contribution in [3.8, 4) is 0 Å². The van der Waals surface area contributed by atoms with Gasteiger partial charge in [0.25, 0.3) is 5.91 Å². The third kappa shape index (κ3) is 5.56. The van der Waals surface area contributed by atoms with Crippen LogP contribution in [0.5, 0.6) is 0 Å². The smallest absolute Gasteiger partial charge is 0.338 e. The fourth-order valence-corrected chi connectivity index (χ4v) is 2.14. The average Bonchev–Trinajstić information content (AvgIpc) is 2.67. The number of amides is 1. The highest BCUT2D eigenvalue weighted by atomic mass is 19.2. The Morgan fingerprint density at radius 1 is 0.964 bits per heavy atom. The van der Waals surface area contributed by atoms with Gasteiger partial charge in [0.15, 0.2) is 23.6 Å². The van der Waals surface area contributed by atoms with Gasteiger partial charge in [0, 0.05) is 0 Å². The van der Waals surface area contributed by atoms with E-state index in [1.807, 2.05) is 13.8 Å². The molecule has 0 unspecified atom stereocenters. The molecule has 0 aliphatic carbocycles. The maximum absolute atomic E-state index is 13.6. The van der Waals surface area contributed by atoms with Crippen molar-refractivity contribution < 1.29 is 32.2 Å². The summed E-state index contributed by atoms with van der Waals surface area (Å²) in [7, 11) is 0. The van der Waals surface area contributed by atoms with Gasteiger partial charge in [-0.25, -0.2) is 18.0 Å². The molecule has 28 heavy (non-hydrogen) atoms. The fourth-order valence-electron chi connectivity index (χ4n) is 2.14. The highest BCUT2D eigenvalue weighted by Gasteiger charge is 2.22. The summed E-state index contributed by atoms with van der Waals surface area (Å²) in [5, 5.41) is 2.06. The summed E-state index contributed by atoms with van der Waals surface area (Å²) in [5.74, 6) is -6.27. The quantitative estimate of drug-likeness (QED) is 0.563. The number of halogens is 3. The first kappa shape index (κ1) is 21.4. The topological polar surface area (TPSA) is 64.6 Å². The lowest BCUT2D eigenvalue weighted by atomic mass is 10.1. The van der Waals surface area contributed by atoms with Crippen molar-refractivity contribution in [2.45, 2.75) is 39.6 Å². The van der Waals surface area contributed by atoms with Crippen molar-refractivity contribution in [3.05, 3.63) is 65.0 Å². The number of esters is 1. The molecule has 0 bridgehead atoms. The number of nitrogens with one attached hydrogen (secondary N) is 1. The standard InChI is InChI=1S/C20H20F3NO4/c1-11(2)27-10-13-4-6-14(7-5-13)20(26)28-12(3)19(25)24-16-9-8-15(21)17(22)18(16)23/h4-9,11-12H,10H2,1-3H3,(H,24,25)/t12-/m0/s1. The fraction of sp³-hybridized carbons (Fsp3) is 0.300. The van der Waals surface area contributed by atoms with Crippen LogP contribution in [0.1, 0.15) is 36.7 Å². The number of rotatable bonds is 7. The predicted octanol–water partition coefficient (Wildman–Crippen LogP) is 4.21. The van der Waals surface area contributed by atoms with Gasteiger partial charge in [-0.3, -0.25) is 4.79 Å². The monoisotopic (exact) mass is 395 g/mol. The van der Waals surface area contributed by atoms with E-state index in [4.69, 9.17) is 9.47 Å². The van der Waals surface area contributed by atoms with Crippen LogP contribution in [0.3, 0.4) is 0 Å². The van der Waals surface area contributed by atoms with Crippen LogP contribution in [0, 0.1) is 17.5 Å². The summed E-state index contributed by atoms with van der Waals surface area (Å²) in [6.07, 6.45) is -1.22. The van der Waals surface area contributed by atoms with E-state index in [1.165, 1.54) is 19.1 Å². The summed E-state index contributed by atoms with van der Waals surface area (Å²) < 4.78 is 50.2. The minimum absolute atomic E-state index is 0.0726. The minimum Gasteiger partial charge on any atom is -0.449 e. The van der Waals surface area contributed by atoms with E-state index in [1.54, 1.807) is 12.1 Å². The van der Waals surface area contributed by atoms with Crippen LogP contribution in [-0.4, -0.2) is 24.1 Å². The van der Waals surface area contributed by atoms with E-state index >= 15 is 0 Å². The Morgan fingerprint density at radius 2 is 1.61 bits per heavy atom. The molecule has 0 aliphatic rings. The minimum atomic E-state index is -1.70. The molecule has 2 aromatic rings. The van der Waals surface area contributed by atoms with Gasteiger partial charge >= 0.3 is 5.97 Å². The van der Waals surface area contributed by atoms with Crippen LogP contribution >= 0.6 is 0 Å². The molecular weight excluding hydrogens is 375 g/mol. The lowest BCUT2D eigenvalue weighted by Crippen LogP contribution is -2.30. The summed E-state index contributed by atoms with van der Waals surface area (Å²) >= 11 is 0. The predicted molar refractivity (Wildman–Crippen MR) is 96.2 cm³/mol. The zero-order chi connectivity index (χ0) is 20.8. The summed E-state index contributed by atoms with van der Waals surface area (Å²) in [4.78, 5) is 24.2. The van der Waals surface area contributed by atoms with E-state index in [-0.39, 0.29) is 11.7 Å². The molecule has 0 spiro atoms. The number of hydrogen-bond acceptors (Lipinski definition) is 4. The maximum atomic E-state index is 13.6. The van der Waals surface area contributed by atoms with Gasteiger partial charge in [0.05, 0.1) is 24.0 Å². The largest absolute Gasteiger partial charge is 0.449 e. The average molecular weight is 395 g/mol. The van der Waals surface area contributed by atoms with E-state index in [9.17, 15) is 22.8 Å². The lowest BCUT2D eigenvalue weighted by Gasteiger charge is -2.14. The molecule has 150 valence electrons. The molecule has 0 radical (unpaired) electrons. The van der Waals surface area contributed by atoms with Gasteiger partial charge in [-0.05, 0) is 50.6 Å². The molecule has 2 aromatic carbocycles. The van der Waals surface area contributed by atoms with Crippen LogP contribution in [0.25, 0.3) is 0 Å². The maximum Gasteiger partial charge on any atom is 0.338 e. The van der Waals surface area contributed by atoms with Gasteiger partial charge in [-0.2, -0.15) is 0 Å². The van der Waals surface area contributed by atoms with Crippen molar-refractivity contribution in [1.29, 1.82) is 0 Å². The summed E-state index contributed by atoms with van der Waals surface area (Å²) in [6.45, 7) is 5.48. The van der Waals surface area contributed by atoms with E-state index < -0.39 is 41.1 Å². The van der Waals surface area contributed by atoms with Gasteiger partial charge in [0.1, 0.15) is 0 Å². The van der Waals surface area contributed by atoms with E-state index in [2.05, 4.69) is 5.32 Å². The molecule has 0 saturated heterocycles. The van der Waals surface area contributed by atoms with Crippen LogP contribution in [0.4, 0.5) is 18.9 Å². The second-order valence-corrected chi connectivity index (χ2v) is 6.32. The second-order valence-electron chi connectivity index (χ2n) is 6.32. The van der Waals surface area contributed by atoms with Gasteiger partial charge < -0.3 is 14.8 Å². The Kier molecular flexibility index (Phi) is 7.17. The van der Waals surface area contributed by atoms with Gasteiger partial charge in [0.2, 0.25) is 0 Å². The number of carbonyl (C=O) groups is 2. The molecule has 0 fully saturated rings. The van der Waals surface area contributed by atoms with Crippen LogP contribution in [0.2, 0.25) is 0 Å². The molecule has 8 heteroatoms. The summed E-state index contributed by atoms with van der Waals surface area (Å²) in [6, 6.07) is 8.00. The molecule has 1 N–H and O–H groups in total. The Balaban J connectivity index is 1.96. The molecular formula is C20H20F3NO4. The summed E-state index contributed by atoms with van der Waals surface area (Å²) in [5.41, 5.74) is 0.526. The molecule has 0 aliphatic heterocycles. The van der Waals surface area contributed by atoms with E-state index in [0.717, 1.165) is 11.6 Å². The first-order valence-corrected chi connectivity index (χ1v) is 8.55. The first-order valence-electron chi connectivity index (χ1n) is 8.55. The van der Waals surface area contributed by atoms with E-state index in [0.29, 0.717) is 12.7 Å². The van der Waals surface area contributed by atoms with Crippen molar-refractivity contribution in [2.75, 3.05) is 5.32 Å². The Hall–Kier alpha value is -2.87.